The van der Waals surface area contributed by atoms with Gasteiger partial charge in [0, 0.05) is 49.7 Å². The van der Waals surface area contributed by atoms with E-state index in [1.165, 1.54) is 0 Å². The number of carbonyl (C=O) groups excluding carboxylic acids is 1. The Morgan fingerprint density at radius 1 is 1.04 bits per heavy atom. The third kappa shape index (κ3) is 4.26. The average molecular weight is 388 g/mol. The molecular formula is C22H23F3N2O. The smallest absolute Gasteiger partial charge is 0.167 e. The standard InChI is InChI=1S/C22H23F3N2O/c1-13-9-20(26-22-6-4-5-7-27(22)3)14(2)8-16(13)21(28)12-17-18(24)10-15(23)11-19(17)25/h8-11H,4-7,12H2,1-3H3. The van der Waals surface area contributed by atoms with Gasteiger partial charge in [0.1, 0.15) is 23.3 Å². The third-order valence-electron chi connectivity index (χ3n) is 5.12. The van der Waals surface area contributed by atoms with Crippen LogP contribution in [-0.4, -0.2) is 30.1 Å². The quantitative estimate of drug-likeness (QED) is 0.667. The number of piperidine rings is 1. The van der Waals surface area contributed by atoms with Crippen LogP contribution in [0.3, 0.4) is 0 Å². The summed E-state index contributed by atoms with van der Waals surface area (Å²) in [5.41, 5.74) is 2.27. The molecular weight excluding hydrogens is 365 g/mol. The number of aryl methyl sites for hydroxylation is 2. The fraction of sp³-hybridized carbons (Fsp3) is 0.364. The van der Waals surface area contributed by atoms with E-state index in [1.54, 1.807) is 13.0 Å². The summed E-state index contributed by atoms with van der Waals surface area (Å²) in [5.74, 6) is -2.51. The van der Waals surface area contributed by atoms with Crippen LogP contribution >= 0.6 is 0 Å². The number of nitrogens with zero attached hydrogens (tertiary/aromatic N) is 2. The van der Waals surface area contributed by atoms with Crippen LogP contribution in [0.1, 0.15) is 46.3 Å². The molecule has 0 amide bonds. The highest BCUT2D eigenvalue weighted by molar-refractivity contribution is 5.99. The van der Waals surface area contributed by atoms with Gasteiger partial charge in [-0.25, -0.2) is 18.2 Å². The summed E-state index contributed by atoms with van der Waals surface area (Å²) < 4.78 is 40.8. The van der Waals surface area contributed by atoms with Crippen molar-refractivity contribution in [1.29, 1.82) is 0 Å². The molecule has 0 aromatic heterocycles. The molecule has 0 saturated carbocycles. The van der Waals surface area contributed by atoms with E-state index in [9.17, 15) is 18.0 Å². The van der Waals surface area contributed by atoms with E-state index in [2.05, 4.69) is 4.90 Å². The SMILES string of the molecule is Cc1cc(C(=O)Cc2c(F)cc(F)cc2F)c(C)cc1N=C1CCCCN1C. The van der Waals surface area contributed by atoms with Crippen molar-refractivity contribution < 1.29 is 18.0 Å². The van der Waals surface area contributed by atoms with Crippen molar-refractivity contribution in [2.75, 3.05) is 13.6 Å². The predicted molar refractivity (Wildman–Crippen MR) is 104 cm³/mol. The highest BCUT2D eigenvalue weighted by atomic mass is 19.1. The lowest BCUT2D eigenvalue weighted by Crippen LogP contribution is -2.31. The number of benzene rings is 2. The van der Waals surface area contributed by atoms with Crippen LogP contribution in [0.4, 0.5) is 18.9 Å². The fourth-order valence-corrected chi connectivity index (χ4v) is 3.45. The van der Waals surface area contributed by atoms with E-state index in [-0.39, 0.29) is 0 Å². The van der Waals surface area contributed by atoms with E-state index in [0.29, 0.717) is 23.3 Å². The minimum Gasteiger partial charge on any atom is -0.363 e. The Balaban J connectivity index is 1.88. The van der Waals surface area contributed by atoms with Crippen LogP contribution in [0, 0.1) is 31.3 Å². The van der Waals surface area contributed by atoms with Gasteiger partial charge in [0.2, 0.25) is 0 Å². The molecule has 1 heterocycles. The number of amidine groups is 1. The number of ketones is 1. The number of likely N-dealkylation sites (tertiary alicyclic amines) is 1. The van der Waals surface area contributed by atoms with Gasteiger partial charge in [0.05, 0.1) is 5.69 Å². The molecule has 0 aliphatic carbocycles. The molecule has 1 saturated heterocycles. The zero-order valence-electron chi connectivity index (χ0n) is 16.3. The molecule has 1 aliphatic heterocycles. The Bertz CT molecular complexity index is 930. The normalized spacial score (nSPS) is 15.9. The number of hydrogen-bond donors (Lipinski definition) is 0. The fourth-order valence-electron chi connectivity index (χ4n) is 3.45. The number of Topliss-reactive ketones (excluding diaryl/α,β-unsaturated/α-hetero) is 1. The van der Waals surface area contributed by atoms with Crippen molar-refractivity contribution in [3.8, 4) is 0 Å². The van der Waals surface area contributed by atoms with Gasteiger partial charge in [-0.2, -0.15) is 0 Å². The number of hydrogen-bond acceptors (Lipinski definition) is 2. The first-order chi connectivity index (χ1) is 13.3. The maximum atomic E-state index is 13.9. The Labute approximate surface area is 162 Å². The van der Waals surface area contributed by atoms with Crippen LogP contribution in [-0.2, 0) is 6.42 Å². The van der Waals surface area contributed by atoms with Gasteiger partial charge < -0.3 is 4.90 Å². The van der Waals surface area contributed by atoms with Crippen LogP contribution in [0.2, 0.25) is 0 Å². The topological polar surface area (TPSA) is 32.7 Å². The monoisotopic (exact) mass is 388 g/mol. The van der Waals surface area contributed by atoms with Crippen molar-refractivity contribution in [2.45, 2.75) is 39.5 Å². The molecule has 1 aliphatic rings. The number of carbonyl (C=O) groups is 1. The third-order valence-corrected chi connectivity index (χ3v) is 5.12. The van der Waals surface area contributed by atoms with Gasteiger partial charge >= 0.3 is 0 Å². The van der Waals surface area contributed by atoms with Crippen molar-refractivity contribution in [3.63, 3.8) is 0 Å². The molecule has 2 aromatic carbocycles. The van der Waals surface area contributed by atoms with E-state index in [4.69, 9.17) is 4.99 Å². The minimum atomic E-state index is -1.05. The summed E-state index contributed by atoms with van der Waals surface area (Å²) >= 11 is 0. The van der Waals surface area contributed by atoms with Crippen molar-refractivity contribution in [3.05, 3.63) is 64.0 Å². The molecule has 3 rings (SSSR count). The summed E-state index contributed by atoms with van der Waals surface area (Å²) in [6.45, 7) is 4.61. The Morgan fingerprint density at radius 3 is 2.36 bits per heavy atom. The summed E-state index contributed by atoms with van der Waals surface area (Å²) in [6.07, 6.45) is 2.71. The van der Waals surface area contributed by atoms with Crippen LogP contribution in [0.25, 0.3) is 0 Å². The average Bonchev–Trinajstić information content (AvgIpc) is 2.62. The molecule has 0 N–H and O–H groups in total. The molecule has 6 heteroatoms. The molecule has 0 radical (unpaired) electrons. The summed E-state index contributed by atoms with van der Waals surface area (Å²) in [4.78, 5) is 19.5. The highest BCUT2D eigenvalue weighted by Crippen LogP contribution is 2.27. The predicted octanol–water partition coefficient (Wildman–Crippen LogP) is 5.29. The van der Waals surface area contributed by atoms with Gasteiger partial charge in [-0.1, -0.05) is 0 Å². The Morgan fingerprint density at radius 2 is 1.71 bits per heavy atom. The molecule has 0 unspecified atom stereocenters. The van der Waals surface area contributed by atoms with Crippen molar-refractivity contribution in [1.82, 2.24) is 4.90 Å². The lowest BCUT2D eigenvalue weighted by molar-refractivity contribution is 0.0990. The van der Waals surface area contributed by atoms with Crippen LogP contribution in [0.5, 0.6) is 0 Å². The molecule has 2 aromatic rings. The summed E-state index contributed by atoms with van der Waals surface area (Å²) in [5, 5.41) is 0. The summed E-state index contributed by atoms with van der Waals surface area (Å²) in [7, 11) is 2.02. The zero-order valence-corrected chi connectivity index (χ0v) is 16.3. The molecule has 148 valence electrons. The minimum absolute atomic E-state index is 0.390. The van der Waals surface area contributed by atoms with Gasteiger partial charge in [-0.3, -0.25) is 4.79 Å². The molecule has 1 fully saturated rings. The summed E-state index contributed by atoms with van der Waals surface area (Å²) in [6, 6.07) is 4.71. The van der Waals surface area contributed by atoms with E-state index < -0.39 is 35.2 Å². The van der Waals surface area contributed by atoms with Crippen LogP contribution in [0.15, 0.2) is 29.3 Å². The Hall–Kier alpha value is -2.63. The molecule has 0 atom stereocenters. The van der Waals surface area contributed by atoms with Gasteiger partial charge in [-0.15, -0.1) is 0 Å². The lowest BCUT2D eigenvalue weighted by atomic mass is 9.96. The second-order valence-corrected chi connectivity index (χ2v) is 7.31. The first-order valence-electron chi connectivity index (χ1n) is 9.33. The second kappa shape index (κ2) is 8.17. The number of aliphatic imine (C=N–C) groups is 1. The zero-order chi connectivity index (χ0) is 20.4. The molecule has 3 nitrogen and oxygen atoms in total. The van der Waals surface area contributed by atoms with Gasteiger partial charge in [0.25, 0.3) is 0 Å². The van der Waals surface area contributed by atoms with Crippen LogP contribution < -0.4 is 0 Å². The molecule has 0 bridgehead atoms. The van der Waals surface area contributed by atoms with Crippen molar-refractivity contribution >= 4 is 17.3 Å². The highest BCUT2D eigenvalue weighted by Gasteiger charge is 2.19. The van der Waals surface area contributed by atoms with Crippen molar-refractivity contribution in [2.24, 2.45) is 4.99 Å². The number of halogens is 3. The molecule has 0 spiro atoms. The number of rotatable bonds is 4. The van der Waals surface area contributed by atoms with E-state index >= 15 is 0 Å². The van der Waals surface area contributed by atoms with Gasteiger partial charge in [0.15, 0.2) is 5.78 Å². The maximum Gasteiger partial charge on any atom is 0.167 e. The first kappa shape index (κ1) is 20.1. The van der Waals surface area contributed by atoms with E-state index in [0.717, 1.165) is 42.9 Å². The van der Waals surface area contributed by atoms with E-state index in [1.807, 2.05) is 20.0 Å². The maximum absolute atomic E-state index is 13.9. The second-order valence-electron chi connectivity index (χ2n) is 7.31. The largest absolute Gasteiger partial charge is 0.363 e. The Kier molecular flexibility index (Phi) is 5.87. The van der Waals surface area contributed by atoms with Gasteiger partial charge in [-0.05, 0) is 49.9 Å². The molecule has 28 heavy (non-hydrogen) atoms. The first-order valence-corrected chi connectivity index (χ1v) is 9.33. The lowest BCUT2D eigenvalue weighted by Gasteiger charge is -2.26.